The van der Waals surface area contributed by atoms with Crippen LogP contribution in [0.15, 0.2) is 36.5 Å². The Balaban J connectivity index is 1.48. The van der Waals surface area contributed by atoms with E-state index in [0.29, 0.717) is 13.1 Å². The number of anilines is 1. The van der Waals surface area contributed by atoms with Crippen LogP contribution in [0.2, 0.25) is 0 Å². The maximum absolute atomic E-state index is 10.1. The van der Waals surface area contributed by atoms with Gasteiger partial charge in [0.05, 0.1) is 24.2 Å². The molecule has 1 aromatic carbocycles. The summed E-state index contributed by atoms with van der Waals surface area (Å²) < 4.78 is 5.31. The van der Waals surface area contributed by atoms with Crippen LogP contribution in [-0.4, -0.2) is 60.5 Å². The van der Waals surface area contributed by atoms with Crippen molar-refractivity contribution in [1.82, 2.24) is 9.88 Å². The molecule has 2 aromatic rings. The quantitative estimate of drug-likeness (QED) is 0.852. The zero-order valence-corrected chi connectivity index (χ0v) is 13.3. The molecule has 0 spiro atoms. The minimum atomic E-state index is -0.401. The van der Waals surface area contributed by atoms with E-state index in [9.17, 15) is 5.11 Å². The minimum absolute atomic E-state index is 0.401. The molecule has 1 aliphatic rings. The van der Waals surface area contributed by atoms with Gasteiger partial charge in [-0.3, -0.25) is 4.90 Å². The first-order valence-corrected chi connectivity index (χ1v) is 8.36. The molecule has 0 saturated carbocycles. The molecule has 1 aliphatic heterocycles. The number of rotatable bonds is 6. The topological polar surface area (TPSA) is 57.6 Å². The maximum Gasteiger partial charge on any atom is 0.183 e. The fraction of sp³-hybridized carbons (Fsp3) is 0.438. The van der Waals surface area contributed by atoms with Crippen molar-refractivity contribution in [2.45, 2.75) is 6.10 Å². The van der Waals surface area contributed by atoms with Crippen molar-refractivity contribution in [3.63, 3.8) is 0 Å². The zero-order valence-electron chi connectivity index (χ0n) is 12.4. The van der Waals surface area contributed by atoms with Gasteiger partial charge >= 0.3 is 0 Å². The molecule has 0 aliphatic carbocycles. The van der Waals surface area contributed by atoms with Gasteiger partial charge in [0, 0.05) is 32.4 Å². The Morgan fingerprint density at radius 2 is 2.05 bits per heavy atom. The first kappa shape index (κ1) is 15.4. The monoisotopic (exact) mass is 319 g/mol. The Morgan fingerprint density at radius 1 is 1.27 bits per heavy atom. The molecule has 0 amide bonds. The predicted octanol–water partition coefficient (Wildman–Crippen LogP) is 1.92. The SMILES string of the molecule is OC(CNc1ncc(-c2ccccc2)s1)CN1CCOCC1. The Hall–Kier alpha value is -1.47. The van der Waals surface area contributed by atoms with Gasteiger partial charge in [-0.2, -0.15) is 0 Å². The molecule has 5 nitrogen and oxygen atoms in total. The van der Waals surface area contributed by atoms with Crippen LogP contribution in [0.5, 0.6) is 0 Å². The second-order valence-corrected chi connectivity index (χ2v) is 6.37. The van der Waals surface area contributed by atoms with Crippen LogP contribution >= 0.6 is 11.3 Å². The summed E-state index contributed by atoms with van der Waals surface area (Å²) in [6, 6.07) is 10.2. The molecule has 1 aromatic heterocycles. The van der Waals surface area contributed by atoms with Gasteiger partial charge in [0.15, 0.2) is 5.13 Å². The van der Waals surface area contributed by atoms with Gasteiger partial charge in [0.1, 0.15) is 0 Å². The van der Waals surface area contributed by atoms with Crippen LogP contribution in [0.25, 0.3) is 10.4 Å². The van der Waals surface area contributed by atoms with Crippen molar-refractivity contribution >= 4 is 16.5 Å². The third-order valence-electron chi connectivity index (χ3n) is 3.63. The van der Waals surface area contributed by atoms with E-state index in [1.54, 1.807) is 11.3 Å². The molecule has 2 heterocycles. The number of aromatic nitrogens is 1. The number of thiazole rings is 1. The standard InChI is InChI=1S/C16H21N3O2S/c20-14(12-19-6-8-21-9-7-19)10-17-16-18-11-15(22-16)13-4-2-1-3-5-13/h1-5,11,14,20H,6-10,12H2,(H,17,18). The van der Waals surface area contributed by atoms with Crippen LogP contribution in [0.4, 0.5) is 5.13 Å². The van der Waals surface area contributed by atoms with Gasteiger partial charge in [-0.05, 0) is 5.56 Å². The molecule has 1 unspecified atom stereocenters. The van der Waals surface area contributed by atoms with Crippen LogP contribution in [0, 0.1) is 0 Å². The lowest BCUT2D eigenvalue weighted by Crippen LogP contribution is -2.42. The number of nitrogens with zero attached hydrogens (tertiary/aromatic N) is 2. The first-order valence-electron chi connectivity index (χ1n) is 7.54. The van der Waals surface area contributed by atoms with E-state index in [2.05, 4.69) is 27.3 Å². The van der Waals surface area contributed by atoms with Gasteiger partial charge < -0.3 is 15.2 Å². The minimum Gasteiger partial charge on any atom is -0.390 e. The number of morpholine rings is 1. The first-order chi connectivity index (χ1) is 10.8. The molecule has 118 valence electrons. The Labute approximate surface area is 134 Å². The van der Waals surface area contributed by atoms with E-state index in [1.807, 2.05) is 24.4 Å². The highest BCUT2D eigenvalue weighted by Crippen LogP contribution is 2.28. The van der Waals surface area contributed by atoms with Crippen molar-refractivity contribution < 1.29 is 9.84 Å². The molecule has 0 radical (unpaired) electrons. The number of nitrogens with one attached hydrogen (secondary N) is 1. The number of hydrogen-bond donors (Lipinski definition) is 2. The highest BCUT2D eigenvalue weighted by atomic mass is 32.1. The Kier molecular flexibility index (Phi) is 5.39. The summed E-state index contributed by atoms with van der Waals surface area (Å²) in [5.41, 5.74) is 1.17. The van der Waals surface area contributed by atoms with Gasteiger partial charge in [-0.25, -0.2) is 4.98 Å². The molecule has 1 atom stereocenters. The lowest BCUT2D eigenvalue weighted by Gasteiger charge is -2.28. The van der Waals surface area contributed by atoms with E-state index in [0.717, 1.165) is 36.3 Å². The van der Waals surface area contributed by atoms with Crippen molar-refractivity contribution in [3.8, 4) is 10.4 Å². The smallest absolute Gasteiger partial charge is 0.183 e. The lowest BCUT2D eigenvalue weighted by atomic mass is 10.2. The summed E-state index contributed by atoms with van der Waals surface area (Å²) in [7, 11) is 0. The highest BCUT2D eigenvalue weighted by Gasteiger charge is 2.15. The molecule has 0 bridgehead atoms. The lowest BCUT2D eigenvalue weighted by molar-refractivity contribution is 0.0171. The normalized spacial score (nSPS) is 17.3. The summed E-state index contributed by atoms with van der Waals surface area (Å²) in [4.78, 5) is 7.73. The van der Waals surface area contributed by atoms with E-state index in [1.165, 1.54) is 5.56 Å². The largest absolute Gasteiger partial charge is 0.390 e. The number of hydrogen-bond acceptors (Lipinski definition) is 6. The zero-order chi connectivity index (χ0) is 15.2. The van der Waals surface area contributed by atoms with Crippen molar-refractivity contribution in [3.05, 3.63) is 36.5 Å². The molecule has 22 heavy (non-hydrogen) atoms. The molecule has 3 rings (SSSR count). The number of benzene rings is 1. The summed E-state index contributed by atoms with van der Waals surface area (Å²) in [6.07, 6.45) is 1.47. The number of aliphatic hydroxyl groups excluding tert-OH is 1. The average Bonchev–Trinajstić information content (AvgIpc) is 3.04. The Morgan fingerprint density at radius 3 is 2.82 bits per heavy atom. The fourth-order valence-electron chi connectivity index (χ4n) is 2.44. The van der Waals surface area contributed by atoms with Crippen LogP contribution in [0.3, 0.4) is 0 Å². The fourth-order valence-corrected chi connectivity index (χ4v) is 3.27. The van der Waals surface area contributed by atoms with E-state index < -0.39 is 6.10 Å². The van der Waals surface area contributed by atoms with Crippen LogP contribution in [0.1, 0.15) is 0 Å². The van der Waals surface area contributed by atoms with Crippen LogP contribution < -0.4 is 5.32 Å². The summed E-state index contributed by atoms with van der Waals surface area (Å²) in [5.74, 6) is 0. The predicted molar refractivity (Wildman–Crippen MR) is 89.3 cm³/mol. The van der Waals surface area contributed by atoms with E-state index in [-0.39, 0.29) is 0 Å². The summed E-state index contributed by atoms with van der Waals surface area (Å²) >= 11 is 1.61. The molecule has 2 N–H and O–H groups in total. The maximum atomic E-state index is 10.1. The molecule has 1 fully saturated rings. The highest BCUT2D eigenvalue weighted by molar-refractivity contribution is 7.18. The molecular formula is C16H21N3O2S. The van der Waals surface area contributed by atoms with Gasteiger partial charge in [-0.1, -0.05) is 41.7 Å². The van der Waals surface area contributed by atoms with Crippen molar-refractivity contribution in [2.75, 3.05) is 44.7 Å². The van der Waals surface area contributed by atoms with Gasteiger partial charge in [0.2, 0.25) is 0 Å². The summed E-state index contributed by atoms with van der Waals surface area (Å²) in [5, 5.41) is 14.2. The van der Waals surface area contributed by atoms with E-state index >= 15 is 0 Å². The van der Waals surface area contributed by atoms with Crippen LogP contribution in [-0.2, 0) is 4.74 Å². The third-order valence-corrected chi connectivity index (χ3v) is 4.63. The van der Waals surface area contributed by atoms with Gasteiger partial charge in [0.25, 0.3) is 0 Å². The number of β-amino-alcohol motifs (C(OH)–C–C–N with tert-alkyl or cyclic N) is 1. The summed E-state index contributed by atoms with van der Waals surface area (Å²) in [6.45, 7) is 4.49. The Bertz CT molecular complexity index is 570. The average molecular weight is 319 g/mol. The number of aliphatic hydroxyl groups is 1. The molecule has 6 heteroatoms. The van der Waals surface area contributed by atoms with Crippen molar-refractivity contribution in [2.24, 2.45) is 0 Å². The molecular weight excluding hydrogens is 298 g/mol. The van der Waals surface area contributed by atoms with E-state index in [4.69, 9.17) is 4.74 Å². The second-order valence-electron chi connectivity index (χ2n) is 5.34. The third kappa shape index (κ3) is 4.27. The molecule has 1 saturated heterocycles. The second kappa shape index (κ2) is 7.69. The van der Waals surface area contributed by atoms with Gasteiger partial charge in [-0.15, -0.1) is 0 Å². The number of ether oxygens (including phenoxy) is 1. The van der Waals surface area contributed by atoms with Crippen molar-refractivity contribution in [1.29, 1.82) is 0 Å².